The third-order valence-corrected chi connectivity index (χ3v) is 3.52. The molecule has 0 aromatic heterocycles. The summed E-state index contributed by atoms with van der Waals surface area (Å²) in [6.45, 7) is 2.20. The van der Waals surface area contributed by atoms with E-state index in [1.807, 2.05) is 0 Å². The minimum Gasteiger partial charge on any atom is -0.462 e. The van der Waals surface area contributed by atoms with Gasteiger partial charge in [-0.3, -0.25) is 0 Å². The van der Waals surface area contributed by atoms with Crippen LogP contribution in [-0.2, 0) is 14.3 Å². The topological polar surface area (TPSA) is 96.2 Å². The van der Waals surface area contributed by atoms with Crippen molar-refractivity contribution in [3.8, 4) is 0 Å². The molecule has 2 aliphatic rings. The van der Waals surface area contributed by atoms with E-state index in [4.69, 9.17) is 9.47 Å². The highest BCUT2D eigenvalue weighted by atomic mass is 16.5. The summed E-state index contributed by atoms with van der Waals surface area (Å²) < 4.78 is 10.1. The van der Waals surface area contributed by atoms with E-state index < -0.39 is 30.4 Å². The summed E-state index contributed by atoms with van der Waals surface area (Å²) in [7, 11) is 0. The lowest BCUT2D eigenvalue weighted by molar-refractivity contribution is -0.163. The number of aliphatic hydroxyl groups excluding tert-OH is 3. The molecule has 0 aromatic rings. The summed E-state index contributed by atoms with van der Waals surface area (Å²) in [6.07, 6.45) is -3.30. The number of hydrogen-bond donors (Lipinski definition) is 3. The molecule has 6 nitrogen and oxygen atoms in total. The van der Waals surface area contributed by atoms with Crippen molar-refractivity contribution >= 4 is 5.97 Å². The average molecular weight is 258 g/mol. The van der Waals surface area contributed by atoms with E-state index in [0.717, 1.165) is 0 Å². The molecule has 0 amide bonds. The Morgan fingerprint density at radius 3 is 2.72 bits per heavy atom. The highest BCUT2D eigenvalue weighted by molar-refractivity contribution is 5.91. The highest BCUT2D eigenvalue weighted by Gasteiger charge is 2.38. The second kappa shape index (κ2) is 5.36. The van der Waals surface area contributed by atoms with Crippen molar-refractivity contribution in [3.63, 3.8) is 0 Å². The van der Waals surface area contributed by atoms with E-state index in [9.17, 15) is 20.1 Å². The molecule has 0 aromatic carbocycles. The second-order valence-electron chi connectivity index (χ2n) is 4.67. The SMILES string of the molecule is C/C(=C1\CCOC1=O)[C@@H](O)[C@@H]1OCC[C@@H](O)[C@H]1O. The van der Waals surface area contributed by atoms with Crippen LogP contribution < -0.4 is 0 Å². The van der Waals surface area contributed by atoms with Crippen LogP contribution in [0.15, 0.2) is 11.1 Å². The molecular weight excluding hydrogens is 240 g/mol. The summed E-state index contributed by atoms with van der Waals surface area (Å²) in [6, 6.07) is 0. The third-order valence-electron chi connectivity index (χ3n) is 3.52. The maximum absolute atomic E-state index is 11.4. The fourth-order valence-corrected chi connectivity index (χ4v) is 2.31. The van der Waals surface area contributed by atoms with E-state index in [2.05, 4.69) is 0 Å². The smallest absolute Gasteiger partial charge is 0.334 e. The minimum atomic E-state index is -1.15. The standard InChI is InChI=1S/C12H18O6/c1-6(7-2-4-18-12(7)16)9(14)11-10(15)8(13)3-5-17-11/h8-11,13-15H,2-5H2,1H3/b7-6-/t8-,9-,10-,11+/m1/s1. The minimum absolute atomic E-state index is 0.271. The number of carbonyl (C=O) groups excluding carboxylic acids is 1. The van der Waals surface area contributed by atoms with Crippen molar-refractivity contribution in [1.29, 1.82) is 0 Å². The lowest BCUT2D eigenvalue weighted by Gasteiger charge is -2.35. The summed E-state index contributed by atoms with van der Waals surface area (Å²) >= 11 is 0. The van der Waals surface area contributed by atoms with Crippen LogP contribution in [0.3, 0.4) is 0 Å². The van der Waals surface area contributed by atoms with E-state index in [-0.39, 0.29) is 6.61 Å². The van der Waals surface area contributed by atoms with Gasteiger partial charge in [0.15, 0.2) is 0 Å². The average Bonchev–Trinajstić information content (AvgIpc) is 2.77. The summed E-state index contributed by atoms with van der Waals surface area (Å²) in [5.41, 5.74) is 0.869. The van der Waals surface area contributed by atoms with Crippen LogP contribution in [-0.4, -0.2) is 58.9 Å². The number of aliphatic hydroxyl groups is 3. The molecular formula is C12H18O6. The first kappa shape index (κ1) is 13.5. The largest absolute Gasteiger partial charge is 0.462 e. The Hall–Kier alpha value is -0.950. The zero-order valence-corrected chi connectivity index (χ0v) is 10.2. The van der Waals surface area contributed by atoms with E-state index in [1.165, 1.54) is 0 Å². The molecule has 0 bridgehead atoms. The van der Waals surface area contributed by atoms with Gasteiger partial charge >= 0.3 is 5.97 Å². The number of rotatable bonds is 2. The zero-order chi connectivity index (χ0) is 13.3. The van der Waals surface area contributed by atoms with Crippen molar-refractivity contribution in [2.75, 3.05) is 13.2 Å². The molecule has 2 rings (SSSR count). The highest BCUT2D eigenvalue weighted by Crippen LogP contribution is 2.26. The Morgan fingerprint density at radius 1 is 1.39 bits per heavy atom. The second-order valence-corrected chi connectivity index (χ2v) is 4.67. The summed E-state index contributed by atoms with van der Waals surface area (Å²) in [4.78, 5) is 11.4. The van der Waals surface area contributed by atoms with Crippen molar-refractivity contribution in [3.05, 3.63) is 11.1 Å². The van der Waals surface area contributed by atoms with Crippen LogP contribution in [0.25, 0.3) is 0 Å². The predicted molar refractivity (Wildman–Crippen MR) is 60.7 cm³/mol. The Morgan fingerprint density at radius 2 is 2.11 bits per heavy atom. The Kier molecular flexibility index (Phi) is 4.01. The fraction of sp³-hybridized carbons (Fsp3) is 0.750. The van der Waals surface area contributed by atoms with Gasteiger partial charge in [-0.15, -0.1) is 0 Å². The van der Waals surface area contributed by atoms with Gasteiger partial charge in [0.1, 0.15) is 18.3 Å². The van der Waals surface area contributed by atoms with E-state index >= 15 is 0 Å². The van der Waals surface area contributed by atoms with Crippen molar-refractivity contribution in [2.24, 2.45) is 0 Å². The first-order valence-corrected chi connectivity index (χ1v) is 6.05. The first-order valence-electron chi connectivity index (χ1n) is 6.05. The first-order chi connectivity index (χ1) is 8.52. The fourth-order valence-electron chi connectivity index (χ4n) is 2.31. The zero-order valence-electron chi connectivity index (χ0n) is 10.2. The number of ether oxygens (including phenoxy) is 2. The van der Waals surface area contributed by atoms with Gasteiger partial charge < -0.3 is 24.8 Å². The Balaban J connectivity index is 2.15. The van der Waals surface area contributed by atoms with Crippen LogP contribution in [0.1, 0.15) is 19.8 Å². The van der Waals surface area contributed by atoms with Gasteiger partial charge in [-0.2, -0.15) is 0 Å². The molecule has 102 valence electrons. The molecule has 0 aliphatic carbocycles. The van der Waals surface area contributed by atoms with Gasteiger partial charge in [0.25, 0.3) is 0 Å². The molecule has 18 heavy (non-hydrogen) atoms. The summed E-state index contributed by atoms with van der Waals surface area (Å²) in [5.74, 6) is -0.433. The lowest BCUT2D eigenvalue weighted by atomic mass is 9.92. The van der Waals surface area contributed by atoms with Gasteiger partial charge in [0, 0.05) is 18.6 Å². The van der Waals surface area contributed by atoms with Crippen molar-refractivity contribution in [2.45, 2.75) is 44.2 Å². The number of carbonyl (C=O) groups is 1. The van der Waals surface area contributed by atoms with Gasteiger partial charge in [-0.05, 0) is 18.9 Å². The Bertz CT molecular complexity index is 364. The molecule has 4 atom stereocenters. The maximum Gasteiger partial charge on any atom is 0.334 e. The van der Waals surface area contributed by atoms with Gasteiger partial charge in [-0.25, -0.2) is 4.79 Å². The summed E-state index contributed by atoms with van der Waals surface area (Å²) in [5, 5.41) is 29.5. The molecule has 0 radical (unpaired) electrons. The normalized spacial score (nSPS) is 37.3. The lowest BCUT2D eigenvalue weighted by Crippen LogP contribution is -2.50. The van der Waals surface area contributed by atoms with Crippen LogP contribution >= 0.6 is 0 Å². The molecule has 2 aliphatic heterocycles. The van der Waals surface area contributed by atoms with Crippen LogP contribution in [0.4, 0.5) is 0 Å². The quantitative estimate of drug-likeness (QED) is 0.440. The van der Waals surface area contributed by atoms with Crippen molar-refractivity contribution < 1.29 is 29.6 Å². The van der Waals surface area contributed by atoms with Crippen LogP contribution in [0.2, 0.25) is 0 Å². The molecule has 0 spiro atoms. The van der Waals surface area contributed by atoms with Gasteiger partial charge in [0.2, 0.25) is 0 Å². The molecule has 6 heteroatoms. The number of cyclic esters (lactones) is 1. The van der Waals surface area contributed by atoms with Crippen molar-refractivity contribution in [1.82, 2.24) is 0 Å². The Labute approximate surface area is 105 Å². The van der Waals surface area contributed by atoms with E-state index in [1.54, 1.807) is 6.92 Å². The monoisotopic (exact) mass is 258 g/mol. The van der Waals surface area contributed by atoms with Crippen LogP contribution in [0.5, 0.6) is 0 Å². The molecule has 0 saturated carbocycles. The number of esters is 1. The third kappa shape index (κ3) is 2.42. The molecule has 2 heterocycles. The van der Waals surface area contributed by atoms with Gasteiger partial charge in [-0.1, -0.05) is 0 Å². The van der Waals surface area contributed by atoms with E-state index in [0.29, 0.717) is 30.6 Å². The number of hydrogen-bond acceptors (Lipinski definition) is 6. The molecule has 2 saturated heterocycles. The molecule has 0 unspecified atom stereocenters. The molecule has 3 N–H and O–H groups in total. The predicted octanol–water partition coefficient (Wildman–Crippen LogP) is -0.879. The van der Waals surface area contributed by atoms with Crippen LogP contribution in [0, 0.1) is 0 Å². The maximum atomic E-state index is 11.4. The van der Waals surface area contributed by atoms with Gasteiger partial charge in [0.05, 0.1) is 12.7 Å². The molecule has 2 fully saturated rings.